The average molecular weight is 369 g/mol. The van der Waals surface area contributed by atoms with Gasteiger partial charge in [0.1, 0.15) is 5.75 Å². The number of tetrazole rings is 1. The second-order valence-corrected chi connectivity index (χ2v) is 6.70. The number of thioether (sulfide) groups is 1. The lowest BCUT2D eigenvalue weighted by Crippen LogP contribution is -2.23. The second kappa shape index (κ2) is 8.48. The van der Waals surface area contributed by atoms with Gasteiger partial charge in [-0.2, -0.15) is 4.68 Å². The van der Waals surface area contributed by atoms with Crippen molar-refractivity contribution in [2.45, 2.75) is 24.3 Å². The molecule has 26 heavy (non-hydrogen) atoms. The van der Waals surface area contributed by atoms with Gasteiger partial charge >= 0.3 is 0 Å². The van der Waals surface area contributed by atoms with Crippen molar-refractivity contribution in [3.8, 4) is 11.4 Å². The van der Waals surface area contributed by atoms with Gasteiger partial charge in [-0.05, 0) is 48.5 Å². The third kappa shape index (κ3) is 4.20. The van der Waals surface area contributed by atoms with E-state index in [1.54, 1.807) is 4.68 Å². The molecule has 1 amide bonds. The predicted molar refractivity (Wildman–Crippen MR) is 101 cm³/mol. The van der Waals surface area contributed by atoms with Crippen molar-refractivity contribution in [3.63, 3.8) is 0 Å². The zero-order valence-corrected chi connectivity index (χ0v) is 15.3. The Labute approximate surface area is 155 Å². The number of nitrogens with one attached hydrogen (secondary N) is 1. The quantitative estimate of drug-likeness (QED) is 0.644. The highest BCUT2D eigenvalue weighted by Crippen LogP contribution is 2.27. The number of carbonyl (C=O) groups is 1. The van der Waals surface area contributed by atoms with E-state index in [1.807, 2.05) is 68.4 Å². The van der Waals surface area contributed by atoms with Gasteiger partial charge < -0.3 is 10.1 Å². The van der Waals surface area contributed by atoms with Crippen molar-refractivity contribution in [2.24, 2.45) is 0 Å². The molecule has 0 bridgehead atoms. The summed E-state index contributed by atoms with van der Waals surface area (Å²) in [6.07, 6.45) is 0. The maximum Gasteiger partial charge on any atom is 0.237 e. The molecule has 1 aromatic heterocycles. The van der Waals surface area contributed by atoms with Crippen LogP contribution in [0.25, 0.3) is 5.69 Å². The SMILES string of the molecule is CCOc1ccccc1NC(=O)[C@@H](C)Sc1nnnn1-c1ccccc1. The molecule has 2 aromatic carbocycles. The summed E-state index contributed by atoms with van der Waals surface area (Å²) in [6, 6.07) is 16.9. The minimum atomic E-state index is -0.391. The van der Waals surface area contributed by atoms with E-state index in [0.29, 0.717) is 23.2 Å². The third-order valence-corrected chi connectivity index (χ3v) is 4.57. The molecule has 0 radical (unpaired) electrons. The first-order valence-electron chi connectivity index (χ1n) is 8.22. The molecule has 0 saturated carbocycles. The van der Waals surface area contributed by atoms with Crippen LogP contribution < -0.4 is 10.1 Å². The fraction of sp³-hybridized carbons (Fsp3) is 0.222. The number of carbonyl (C=O) groups excluding carboxylic acids is 1. The highest BCUT2D eigenvalue weighted by molar-refractivity contribution is 8.00. The van der Waals surface area contributed by atoms with Crippen molar-refractivity contribution in [2.75, 3.05) is 11.9 Å². The van der Waals surface area contributed by atoms with Gasteiger partial charge in [0, 0.05) is 0 Å². The van der Waals surface area contributed by atoms with Gasteiger partial charge in [-0.25, -0.2) is 0 Å². The van der Waals surface area contributed by atoms with Crippen molar-refractivity contribution >= 4 is 23.4 Å². The molecule has 0 aliphatic rings. The maximum absolute atomic E-state index is 12.6. The summed E-state index contributed by atoms with van der Waals surface area (Å²) in [7, 11) is 0. The van der Waals surface area contributed by atoms with Crippen LogP contribution in [-0.2, 0) is 4.79 Å². The van der Waals surface area contributed by atoms with Gasteiger partial charge in [0.2, 0.25) is 11.1 Å². The van der Waals surface area contributed by atoms with E-state index in [0.717, 1.165) is 5.69 Å². The Morgan fingerprint density at radius 1 is 1.19 bits per heavy atom. The smallest absolute Gasteiger partial charge is 0.237 e. The van der Waals surface area contributed by atoms with E-state index in [9.17, 15) is 4.79 Å². The molecular weight excluding hydrogens is 350 g/mol. The van der Waals surface area contributed by atoms with Gasteiger partial charge in [-0.3, -0.25) is 4.79 Å². The van der Waals surface area contributed by atoms with Crippen LogP contribution >= 0.6 is 11.8 Å². The Morgan fingerprint density at radius 3 is 2.69 bits per heavy atom. The van der Waals surface area contributed by atoms with E-state index in [4.69, 9.17) is 4.74 Å². The number of aromatic nitrogens is 4. The summed E-state index contributed by atoms with van der Waals surface area (Å²) in [4.78, 5) is 12.6. The first kappa shape index (κ1) is 17.9. The van der Waals surface area contributed by atoms with Gasteiger partial charge in [-0.1, -0.05) is 42.1 Å². The Hall–Kier alpha value is -2.87. The fourth-order valence-electron chi connectivity index (χ4n) is 2.28. The Morgan fingerprint density at radius 2 is 1.92 bits per heavy atom. The summed E-state index contributed by atoms with van der Waals surface area (Å²) in [5.74, 6) is 0.499. The maximum atomic E-state index is 12.6. The number of amides is 1. The van der Waals surface area contributed by atoms with Gasteiger partial charge in [-0.15, -0.1) is 5.10 Å². The number of para-hydroxylation sites is 3. The number of rotatable bonds is 7. The number of benzene rings is 2. The van der Waals surface area contributed by atoms with Gasteiger partial charge in [0.25, 0.3) is 0 Å². The lowest BCUT2D eigenvalue weighted by Gasteiger charge is -2.14. The zero-order valence-electron chi connectivity index (χ0n) is 14.5. The summed E-state index contributed by atoms with van der Waals surface area (Å²) < 4.78 is 7.16. The molecule has 7 nitrogen and oxygen atoms in total. The van der Waals surface area contributed by atoms with E-state index in [2.05, 4.69) is 20.8 Å². The minimum absolute atomic E-state index is 0.148. The molecule has 0 spiro atoms. The van der Waals surface area contributed by atoms with Gasteiger partial charge in [0.05, 0.1) is 23.2 Å². The Kier molecular flexibility index (Phi) is 5.85. The monoisotopic (exact) mass is 369 g/mol. The molecule has 3 aromatic rings. The van der Waals surface area contributed by atoms with E-state index in [1.165, 1.54) is 11.8 Å². The highest BCUT2D eigenvalue weighted by atomic mass is 32.2. The number of anilines is 1. The number of hydrogen-bond donors (Lipinski definition) is 1. The van der Waals surface area contributed by atoms with Crippen molar-refractivity contribution < 1.29 is 9.53 Å². The summed E-state index contributed by atoms with van der Waals surface area (Å²) >= 11 is 1.29. The standard InChI is InChI=1S/C18H19N5O2S/c1-3-25-16-12-8-7-11-15(16)19-17(24)13(2)26-18-20-21-22-23(18)14-9-5-4-6-10-14/h4-13H,3H2,1-2H3,(H,19,24)/t13-/m1/s1. The van der Waals surface area contributed by atoms with Gasteiger partial charge in [0.15, 0.2) is 0 Å². The molecule has 0 aliphatic carbocycles. The average Bonchev–Trinajstić information content (AvgIpc) is 3.12. The van der Waals surface area contributed by atoms with Crippen LogP contribution in [0.5, 0.6) is 5.75 Å². The molecule has 1 heterocycles. The molecule has 0 fully saturated rings. The number of hydrogen-bond acceptors (Lipinski definition) is 6. The molecule has 0 unspecified atom stereocenters. The summed E-state index contributed by atoms with van der Waals surface area (Å²) in [5.41, 5.74) is 1.49. The van der Waals surface area contributed by atoms with Crippen LogP contribution in [0.15, 0.2) is 59.8 Å². The molecular formula is C18H19N5O2S. The van der Waals surface area contributed by atoms with Crippen LogP contribution in [0.3, 0.4) is 0 Å². The normalized spacial score (nSPS) is 11.8. The van der Waals surface area contributed by atoms with Crippen molar-refractivity contribution in [3.05, 3.63) is 54.6 Å². The minimum Gasteiger partial charge on any atom is -0.492 e. The van der Waals surface area contributed by atoms with Crippen LogP contribution in [0.4, 0.5) is 5.69 Å². The Bertz CT molecular complexity index is 869. The first-order chi connectivity index (χ1) is 12.7. The Balaban J connectivity index is 1.70. The van der Waals surface area contributed by atoms with Crippen LogP contribution in [0, 0.1) is 0 Å². The van der Waals surface area contributed by atoms with Crippen LogP contribution in [-0.4, -0.2) is 38.0 Å². The fourth-order valence-corrected chi connectivity index (χ4v) is 3.09. The zero-order chi connectivity index (χ0) is 18.4. The van der Waals surface area contributed by atoms with E-state index >= 15 is 0 Å². The molecule has 0 saturated heterocycles. The number of ether oxygens (including phenoxy) is 1. The first-order valence-corrected chi connectivity index (χ1v) is 9.10. The molecule has 8 heteroatoms. The van der Waals surface area contributed by atoms with Crippen LogP contribution in [0.2, 0.25) is 0 Å². The predicted octanol–water partition coefficient (Wildman–Crippen LogP) is 3.18. The molecule has 1 atom stereocenters. The summed E-state index contributed by atoms with van der Waals surface area (Å²) in [6.45, 7) is 4.25. The molecule has 1 N–H and O–H groups in total. The third-order valence-electron chi connectivity index (χ3n) is 3.54. The van der Waals surface area contributed by atoms with Crippen LogP contribution in [0.1, 0.15) is 13.8 Å². The molecule has 0 aliphatic heterocycles. The van der Waals surface area contributed by atoms with E-state index in [-0.39, 0.29) is 5.91 Å². The topological polar surface area (TPSA) is 81.9 Å². The highest BCUT2D eigenvalue weighted by Gasteiger charge is 2.20. The van der Waals surface area contributed by atoms with Crippen molar-refractivity contribution in [1.29, 1.82) is 0 Å². The summed E-state index contributed by atoms with van der Waals surface area (Å²) in [5, 5.41) is 14.8. The number of nitrogens with zero attached hydrogens (tertiary/aromatic N) is 4. The molecule has 3 rings (SSSR count). The second-order valence-electron chi connectivity index (χ2n) is 5.39. The lowest BCUT2D eigenvalue weighted by molar-refractivity contribution is -0.115. The van der Waals surface area contributed by atoms with Crippen molar-refractivity contribution in [1.82, 2.24) is 20.2 Å². The van der Waals surface area contributed by atoms with E-state index < -0.39 is 5.25 Å². The lowest BCUT2D eigenvalue weighted by atomic mass is 10.3. The largest absolute Gasteiger partial charge is 0.492 e. The molecule has 134 valence electrons.